The molecule has 2 aromatic rings. The van der Waals surface area contributed by atoms with Crippen LogP contribution in [0.2, 0.25) is 0 Å². The highest BCUT2D eigenvalue weighted by Crippen LogP contribution is 2.60. The number of amides is 1. The first-order chi connectivity index (χ1) is 16.8. The second kappa shape index (κ2) is 8.65. The monoisotopic (exact) mass is 492 g/mol. The van der Waals surface area contributed by atoms with Crippen molar-refractivity contribution < 1.29 is 13.2 Å². The van der Waals surface area contributed by atoms with Crippen LogP contribution in [0.4, 0.5) is 5.69 Å². The van der Waals surface area contributed by atoms with E-state index in [9.17, 15) is 13.2 Å². The van der Waals surface area contributed by atoms with E-state index < -0.39 is 10.0 Å². The Labute approximate surface area is 209 Å². The molecule has 1 atom stereocenters. The van der Waals surface area contributed by atoms with E-state index in [4.69, 9.17) is 0 Å². The topological polar surface area (TPSA) is 66.5 Å². The Morgan fingerprint density at radius 2 is 1.60 bits per heavy atom. The highest BCUT2D eigenvalue weighted by atomic mass is 32.2. The number of hydrogen-bond donors (Lipinski definition) is 1. The fourth-order valence-corrected chi connectivity index (χ4v) is 8.98. The lowest BCUT2D eigenvalue weighted by molar-refractivity contribution is -0.120. The van der Waals surface area contributed by atoms with Crippen LogP contribution in [0.1, 0.15) is 74.1 Å². The number of rotatable bonds is 6. The normalized spacial score (nSPS) is 31.1. The van der Waals surface area contributed by atoms with Crippen LogP contribution in [-0.2, 0) is 26.7 Å². The molecule has 35 heavy (non-hydrogen) atoms. The molecule has 5 aliphatic rings. The molecule has 0 saturated heterocycles. The Bertz CT molecular complexity index is 1190. The molecule has 0 radical (unpaired) electrons. The van der Waals surface area contributed by atoms with E-state index in [1.54, 1.807) is 0 Å². The Kier molecular flexibility index (Phi) is 5.70. The highest BCUT2D eigenvalue weighted by molar-refractivity contribution is 7.92. The van der Waals surface area contributed by atoms with Gasteiger partial charge in [-0.1, -0.05) is 36.4 Å². The molecule has 2 aromatic carbocycles. The van der Waals surface area contributed by atoms with Crippen LogP contribution in [0.15, 0.2) is 48.5 Å². The van der Waals surface area contributed by atoms with Gasteiger partial charge in [0.05, 0.1) is 18.0 Å². The van der Waals surface area contributed by atoms with Crippen molar-refractivity contribution in [2.75, 3.05) is 17.1 Å². The molecule has 0 heterocycles. The van der Waals surface area contributed by atoms with Gasteiger partial charge in [0.1, 0.15) is 6.54 Å². The van der Waals surface area contributed by atoms with Gasteiger partial charge >= 0.3 is 0 Å². The molecule has 4 saturated carbocycles. The second-order valence-corrected chi connectivity index (χ2v) is 13.6. The van der Waals surface area contributed by atoms with Crippen LogP contribution < -0.4 is 9.62 Å². The minimum Gasteiger partial charge on any atom is -0.348 e. The first-order valence-electron chi connectivity index (χ1n) is 13.2. The van der Waals surface area contributed by atoms with E-state index in [1.165, 1.54) is 60.2 Å². The zero-order chi connectivity index (χ0) is 24.2. The van der Waals surface area contributed by atoms with Gasteiger partial charge in [-0.25, -0.2) is 8.42 Å². The Balaban J connectivity index is 1.19. The second-order valence-electron chi connectivity index (χ2n) is 11.7. The molecule has 186 valence electrons. The van der Waals surface area contributed by atoms with E-state index in [-0.39, 0.29) is 23.9 Å². The van der Waals surface area contributed by atoms with Crippen molar-refractivity contribution in [3.63, 3.8) is 0 Å². The fraction of sp³-hybridized carbons (Fsp3) is 0.552. The molecule has 5 aliphatic carbocycles. The van der Waals surface area contributed by atoms with Gasteiger partial charge in [-0.05, 0) is 110 Å². The van der Waals surface area contributed by atoms with Crippen molar-refractivity contribution >= 4 is 21.6 Å². The third kappa shape index (κ3) is 4.39. The van der Waals surface area contributed by atoms with Crippen molar-refractivity contribution in [1.82, 2.24) is 5.32 Å². The van der Waals surface area contributed by atoms with Crippen molar-refractivity contribution in [1.29, 1.82) is 0 Å². The maximum Gasteiger partial charge on any atom is 0.241 e. The van der Waals surface area contributed by atoms with E-state index in [2.05, 4.69) is 29.6 Å². The molecular weight excluding hydrogens is 456 g/mol. The van der Waals surface area contributed by atoms with Crippen molar-refractivity contribution in [2.24, 2.45) is 17.8 Å². The van der Waals surface area contributed by atoms with Gasteiger partial charge in [0.2, 0.25) is 15.9 Å². The summed E-state index contributed by atoms with van der Waals surface area (Å²) in [5.74, 6) is 2.33. The maximum absolute atomic E-state index is 13.0. The Hall–Kier alpha value is -2.34. The van der Waals surface area contributed by atoms with E-state index >= 15 is 0 Å². The third-order valence-corrected chi connectivity index (χ3v) is 10.3. The molecule has 4 bridgehead atoms. The predicted octanol–water partition coefficient (Wildman–Crippen LogP) is 5.11. The van der Waals surface area contributed by atoms with Gasteiger partial charge in [-0.15, -0.1) is 0 Å². The number of carbonyl (C=O) groups excluding carboxylic acids is 1. The number of nitrogens with zero attached hydrogens (tertiary/aromatic N) is 1. The molecule has 0 aliphatic heterocycles. The van der Waals surface area contributed by atoms with E-state index in [1.807, 2.05) is 24.3 Å². The lowest BCUT2D eigenvalue weighted by atomic mass is 9.48. The zero-order valence-electron chi connectivity index (χ0n) is 20.6. The van der Waals surface area contributed by atoms with Gasteiger partial charge in [0.15, 0.2) is 0 Å². The molecule has 6 heteroatoms. The summed E-state index contributed by atoms with van der Waals surface area (Å²) in [6.07, 6.45) is 12.1. The molecule has 5 nitrogen and oxygen atoms in total. The average Bonchev–Trinajstić information content (AvgIpc) is 2.81. The van der Waals surface area contributed by atoms with Gasteiger partial charge < -0.3 is 5.32 Å². The zero-order valence-corrected chi connectivity index (χ0v) is 21.4. The van der Waals surface area contributed by atoms with Gasteiger partial charge in [0.25, 0.3) is 0 Å². The molecule has 1 amide bonds. The molecule has 0 aromatic heterocycles. The number of fused-ring (bicyclic) bond motifs is 1. The number of sulfonamides is 1. The minimum absolute atomic E-state index is 0.0627. The molecule has 7 rings (SSSR count). The summed E-state index contributed by atoms with van der Waals surface area (Å²) in [5, 5.41) is 3.10. The quantitative estimate of drug-likeness (QED) is 0.609. The van der Waals surface area contributed by atoms with E-state index in [0.717, 1.165) is 42.6 Å². The van der Waals surface area contributed by atoms with Crippen molar-refractivity contribution in [3.05, 3.63) is 65.2 Å². The summed E-state index contributed by atoms with van der Waals surface area (Å²) in [4.78, 5) is 13.0. The number of benzene rings is 2. The van der Waals surface area contributed by atoms with Gasteiger partial charge in [-0.2, -0.15) is 0 Å². The number of aryl methyl sites for hydroxylation is 1. The lowest BCUT2D eigenvalue weighted by Crippen LogP contribution is -2.48. The maximum atomic E-state index is 13.0. The van der Waals surface area contributed by atoms with Gasteiger partial charge in [-0.3, -0.25) is 9.10 Å². The lowest BCUT2D eigenvalue weighted by Gasteiger charge is -2.57. The summed E-state index contributed by atoms with van der Waals surface area (Å²) in [6.45, 7) is -0.200. The molecule has 1 N–H and O–H groups in total. The van der Waals surface area contributed by atoms with Crippen LogP contribution in [0, 0.1) is 17.8 Å². The predicted molar refractivity (Wildman–Crippen MR) is 139 cm³/mol. The Morgan fingerprint density at radius 3 is 2.23 bits per heavy atom. The first-order valence-corrected chi connectivity index (χ1v) is 15.1. The third-order valence-electron chi connectivity index (χ3n) is 9.20. The first kappa shape index (κ1) is 23.1. The number of nitrogens with one attached hydrogen (secondary N) is 1. The van der Waals surface area contributed by atoms with Crippen LogP contribution in [0.5, 0.6) is 0 Å². The summed E-state index contributed by atoms with van der Waals surface area (Å²) in [6, 6.07) is 16.2. The summed E-state index contributed by atoms with van der Waals surface area (Å²) in [7, 11) is -3.60. The van der Waals surface area contributed by atoms with Crippen LogP contribution in [0.25, 0.3) is 0 Å². The van der Waals surface area contributed by atoms with Crippen LogP contribution in [-0.4, -0.2) is 27.1 Å². The minimum atomic E-state index is -3.60. The Morgan fingerprint density at radius 1 is 0.971 bits per heavy atom. The number of anilines is 1. The summed E-state index contributed by atoms with van der Waals surface area (Å²) >= 11 is 0. The largest absolute Gasteiger partial charge is 0.348 e. The molecule has 0 unspecified atom stereocenters. The van der Waals surface area contributed by atoms with Crippen molar-refractivity contribution in [2.45, 2.75) is 69.2 Å². The smallest absolute Gasteiger partial charge is 0.241 e. The highest BCUT2D eigenvalue weighted by Gasteiger charge is 2.51. The fourth-order valence-electron chi connectivity index (χ4n) is 8.12. The van der Waals surface area contributed by atoms with Crippen LogP contribution >= 0.6 is 0 Å². The SMILES string of the molecule is CS(=O)(=O)N(CC(=O)N[C@H]1CCCc2ccccc21)c1ccc(C23CC4CC(CC(C4)C2)C3)cc1. The standard InChI is InChI=1S/C29H36N2O3S/c1-35(33,34)31(19-28(32)30-27-8-4-6-23-5-2-3-7-26(23)27)25-11-9-24(10-12-25)29-16-20-13-21(17-29)15-22(14-20)18-29/h2-3,5,7,9-12,20-22,27H,4,6,8,13-19H2,1H3,(H,30,32)/t20?,21?,22?,27-,29?/m0/s1. The summed E-state index contributed by atoms with van der Waals surface area (Å²) < 4.78 is 26.7. The van der Waals surface area contributed by atoms with Crippen LogP contribution in [0.3, 0.4) is 0 Å². The molecule has 0 spiro atoms. The van der Waals surface area contributed by atoms with Gasteiger partial charge in [0, 0.05) is 0 Å². The molecular formula is C29H36N2O3S. The average molecular weight is 493 g/mol. The number of hydrogen-bond acceptors (Lipinski definition) is 3. The summed E-state index contributed by atoms with van der Waals surface area (Å²) in [5.41, 5.74) is 4.62. The van der Waals surface area contributed by atoms with Crippen molar-refractivity contribution in [3.8, 4) is 0 Å². The van der Waals surface area contributed by atoms with E-state index in [0.29, 0.717) is 5.69 Å². The molecule has 4 fully saturated rings. The number of carbonyl (C=O) groups is 1.